The molecule has 4 aromatic heterocycles. The van der Waals surface area contributed by atoms with Crippen molar-refractivity contribution in [3.8, 4) is 39.5 Å². The lowest BCUT2D eigenvalue weighted by atomic mass is 9.95. The highest BCUT2D eigenvalue weighted by Crippen LogP contribution is 2.37. The third kappa shape index (κ3) is 4.49. The first-order valence-electron chi connectivity index (χ1n) is 16.6. The Morgan fingerprint density at radius 3 is 1.80 bits per heavy atom. The van der Waals surface area contributed by atoms with E-state index in [1.54, 1.807) is 0 Å². The average Bonchev–Trinajstić information content (AvgIpc) is 3.59. The summed E-state index contributed by atoms with van der Waals surface area (Å²) < 4.78 is 4.35. The number of hydrogen-bond acceptors (Lipinski definition) is 2. The van der Waals surface area contributed by atoms with Crippen LogP contribution in [0.2, 0.25) is 0 Å². The van der Waals surface area contributed by atoms with Crippen LogP contribution in [-0.4, -0.2) is 14.4 Å². The Labute approximate surface area is 282 Å². The van der Waals surface area contributed by atoms with Gasteiger partial charge in [0.05, 0.1) is 29.0 Å². The van der Waals surface area contributed by atoms with Gasteiger partial charge in [0.15, 0.2) is 5.69 Å². The van der Waals surface area contributed by atoms with Crippen molar-refractivity contribution in [2.75, 3.05) is 0 Å². The molecule has 49 heavy (non-hydrogen) atoms. The van der Waals surface area contributed by atoms with Crippen LogP contribution in [0.4, 0.5) is 0 Å². The summed E-state index contributed by atoms with van der Waals surface area (Å²) in [5.74, 6) is 0.846. The molecule has 0 aliphatic carbocycles. The van der Waals surface area contributed by atoms with Crippen molar-refractivity contribution in [3.63, 3.8) is 0 Å². The van der Waals surface area contributed by atoms with Gasteiger partial charge >= 0.3 is 5.82 Å². The van der Waals surface area contributed by atoms with Crippen molar-refractivity contribution in [2.24, 2.45) is 0 Å². The summed E-state index contributed by atoms with van der Waals surface area (Å²) in [5, 5.41) is 8.42. The van der Waals surface area contributed by atoms with Crippen molar-refractivity contribution < 1.29 is 4.57 Å². The topological polar surface area (TPSA) is 34.1 Å². The minimum atomic E-state index is 0.846. The molecule has 4 nitrogen and oxygen atoms in total. The summed E-state index contributed by atoms with van der Waals surface area (Å²) in [7, 11) is 0. The molecule has 0 saturated carbocycles. The van der Waals surface area contributed by atoms with Gasteiger partial charge in [0, 0.05) is 11.6 Å². The maximum absolute atomic E-state index is 5.32. The summed E-state index contributed by atoms with van der Waals surface area (Å²) in [4.78, 5) is 10.1. The van der Waals surface area contributed by atoms with Gasteiger partial charge in [-0.05, 0) is 115 Å². The molecule has 0 atom stereocenters. The average molecular weight is 626 g/mol. The first kappa shape index (κ1) is 27.5. The number of pyridine rings is 3. The molecule has 0 aliphatic rings. The van der Waals surface area contributed by atoms with Crippen LogP contribution in [0.15, 0.2) is 176 Å². The fourth-order valence-electron chi connectivity index (χ4n) is 7.29. The van der Waals surface area contributed by atoms with Crippen LogP contribution >= 0.6 is 0 Å². The van der Waals surface area contributed by atoms with E-state index in [0.717, 1.165) is 33.8 Å². The fourth-order valence-corrected chi connectivity index (χ4v) is 7.29. The van der Waals surface area contributed by atoms with Crippen molar-refractivity contribution >= 4 is 48.9 Å². The van der Waals surface area contributed by atoms with Gasteiger partial charge in [0.25, 0.3) is 5.65 Å². The molecule has 0 unspecified atom stereocenters. The van der Waals surface area contributed by atoms with Gasteiger partial charge in [-0.25, -0.2) is 4.57 Å². The zero-order valence-electron chi connectivity index (χ0n) is 26.5. The minimum absolute atomic E-state index is 0.846. The van der Waals surface area contributed by atoms with Gasteiger partial charge in [-0.15, -0.1) is 0 Å². The zero-order valence-corrected chi connectivity index (χ0v) is 26.5. The van der Waals surface area contributed by atoms with E-state index in [1.165, 1.54) is 54.6 Å². The van der Waals surface area contributed by atoms with E-state index in [1.807, 2.05) is 48.9 Å². The van der Waals surface area contributed by atoms with Gasteiger partial charge < -0.3 is 0 Å². The van der Waals surface area contributed by atoms with Gasteiger partial charge in [-0.2, -0.15) is 0 Å². The number of rotatable bonds is 4. The second-order valence-electron chi connectivity index (χ2n) is 12.6. The molecule has 6 aromatic carbocycles. The van der Waals surface area contributed by atoms with E-state index >= 15 is 0 Å². The normalized spacial score (nSPS) is 11.7. The monoisotopic (exact) mass is 625 g/mol. The Balaban J connectivity index is 1.14. The molecule has 0 fully saturated rings. The largest absolute Gasteiger partial charge is 0.356 e. The number of imidazole rings is 1. The zero-order chi connectivity index (χ0) is 32.3. The Morgan fingerprint density at radius 2 is 1.06 bits per heavy atom. The quantitative estimate of drug-likeness (QED) is 0.144. The molecule has 0 N–H and O–H groups in total. The first-order chi connectivity index (χ1) is 24.3. The molecule has 10 rings (SSSR count). The number of para-hydroxylation sites is 1. The van der Waals surface area contributed by atoms with Gasteiger partial charge in [-0.1, -0.05) is 97.1 Å². The highest BCUT2D eigenvalue weighted by Gasteiger charge is 2.28. The number of benzene rings is 6. The lowest BCUT2D eigenvalue weighted by Crippen LogP contribution is -2.30. The summed E-state index contributed by atoms with van der Waals surface area (Å²) in [6, 6.07) is 56.3. The molecule has 10 aromatic rings. The van der Waals surface area contributed by atoms with E-state index < -0.39 is 0 Å². The van der Waals surface area contributed by atoms with E-state index in [9.17, 15) is 0 Å². The second kappa shape index (κ2) is 11.0. The highest BCUT2D eigenvalue weighted by molar-refractivity contribution is 6.14. The van der Waals surface area contributed by atoms with Crippen LogP contribution in [0, 0.1) is 0 Å². The SMILES string of the molecule is c1cc[n+](-c2nc3c4ccc(-c5ccc6cc(-c7ccc8ccccc8c7)ccc6c5)cc4c4ccccc4n3c2-c2ccccn2)cc1. The van der Waals surface area contributed by atoms with Gasteiger partial charge in [0.2, 0.25) is 0 Å². The van der Waals surface area contributed by atoms with E-state index in [0.29, 0.717) is 0 Å². The number of hydrogen-bond donors (Lipinski definition) is 0. The van der Waals surface area contributed by atoms with Gasteiger partial charge in [-0.3, -0.25) is 9.38 Å². The maximum Gasteiger partial charge on any atom is 0.356 e. The molecule has 0 radical (unpaired) electrons. The smallest absolute Gasteiger partial charge is 0.263 e. The van der Waals surface area contributed by atoms with E-state index in [4.69, 9.17) is 9.97 Å². The molecule has 0 aliphatic heterocycles. The fraction of sp³-hybridized carbons (Fsp3) is 0. The summed E-state index contributed by atoms with van der Waals surface area (Å²) in [5.41, 5.74) is 8.67. The van der Waals surface area contributed by atoms with Crippen LogP contribution in [0.25, 0.3) is 88.3 Å². The molecule has 228 valence electrons. The highest BCUT2D eigenvalue weighted by atomic mass is 15.1. The van der Waals surface area contributed by atoms with Crippen LogP contribution in [0.1, 0.15) is 0 Å². The Kier molecular flexibility index (Phi) is 6.15. The minimum Gasteiger partial charge on any atom is -0.263 e. The van der Waals surface area contributed by atoms with Gasteiger partial charge in [0.1, 0.15) is 0 Å². The molecule has 4 heteroatoms. The number of aromatic nitrogens is 4. The van der Waals surface area contributed by atoms with Crippen molar-refractivity contribution in [3.05, 3.63) is 176 Å². The molecule has 4 heterocycles. The molecular formula is C45H29N4+. The van der Waals surface area contributed by atoms with Crippen LogP contribution < -0.4 is 4.57 Å². The molecule has 0 spiro atoms. The summed E-state index contributed by atoms with van der Waals surface area (Å²) >= 11 is 0. The lowest BCUT2D eigenvalue weighted by molar-refractivity contribution is -0.598. The predicted octanol–water partition coefficient (Wildman–Crippen LogP) is 10.6. The lowest BCUT2D eigenvalue weighted by Gasteiger charge is -2.11. The van der Waals surface area contributed by atoms with Crippen LogP contribution in [-0.2, 0) is 0 Å². The third-order valence-corrected chi connectivity index (χ3v) is 9.68. The standard InChI is InChI=1S/C45H29N4/c1-8-24-48(25-9-1)45-43(41-13-6-7-23-46-41)49-42-14-5-4-12-38(42)40-29-37(21-22-39(40)44(49)47-45)36-20-19-34-27-33(17-18-35(34)28-36)32-16-15-30-10-2-3-11-31(30)26-32/h1-29H/q+1. The second-order valence-corrected chi connectivity index (χ2v) is 12.6. The molecule has 0 bridgehead atoms. The Morgan fingerprint density at radius 1 is 0.449 bits per heavy atom. The number of fused-ring (bicyclic) bond motifs is 8. The maximum atomic E-state index is 5.32. The Hall–Kier alpha value is -6.65. The predicted molar refractivity (Wildman–Crippen MR) is 201 cm³/mol. The summed E-state index contributed by atoms with van der Waals surface area (Å²) in [6.45, 7) is 0. The Bertz CT molecular complexity index is 2870. The van der Waals surface area contributed by atoms with Crippen molar-refractivity contribution in [1.29, 1.82) is 0 Å². The van der Waals surface area contributed by atoms with E-state index in [-0.39, 0.29) is 0 Å². The summed E-state index contributed by atoms with van der Waals surface area (Å²) in [6.07, 6.45) is 5.93. The third-order valence-electron chi connectivity index (χ3n) is 9.68. The van der Waals surface area contributed by atoms with Crippen molar-refractivity contribution in [1.82, 2.24) is 14.4 Å². The number of nitrogens with zero attached hydrogens (tertiary/aromatic N) is 4. The molecule has 0 saturated heterocycles. The first-order valence-corrected chi connectivity index (χ1v) is 16.6. The van der Waals surface area contributed by atoms with Crippen LogP contribution in [0.5, 0.6) is 0 Å². The van der Waals surface area contributed by atoms with E-state index in [2.05, 4.69) is 136 Å². The molecular weight excluding hydrogens is 597 g/mol. The van der Waals surface area contributed by atoms with Crippen LogP contribution in [0.3, 0.4) is 0 Å². The molecule has 0 amide bonds. The van der Waals surface area contributed by atoms with Crippen molar-refractivity contribution in [2.45, 2.75) is 0 Å².